The molecule has 0 spiro atoms. The number of nitrogens with zero attached hydrogens (tertiary/aromatic N) is 4. The predicted molar refractivity (Wildman–Crippen MR) is 112 cm³/mol. The Balaban J connectivity index is 2.02. The maximum Gasteiger partial charge on any atom is 0.257 e. The van der Waals surface area contributed by atoms with E-state index in [1.807, 2.05) is 26.8 Å². The third-order valence-electron chi connectivity index (χ3n) is 4.39. The molecule has 0 aliphatic carbocycles. The van der Waals surface area contributed by atoms with Crippen molar-refractivity contribution in [3.05, 3.63) is 47.9 Å². The first-order chi connectivity index (χ1) is 14.3. The van der Waals surface area contributed by atoms with Crippen molar-refractivity contribution >= 4 is 11.7 Å². The fraction of sp³-hybridized carbons (Fsp3) is 0.333. The molecule has 2 heterocycles. The Morgan fingerprint density at radius 2 is 1.57 bits per heavy atom. The Kier molecular flexibility index (Phi) is 5.91. The number of methoxy groups -OCH3 is 3. The zero-order valence-corrected chi connectivity index (χ0v) is 17.9. The fourth-order valence-corrected chi connectivity index (χ4v) is 2.79. The Hall–Kier alpha value is -3.62. The number of benzene rings is 1. The Morgan fingerprint density at radius 1 is 0.967 bits per heavy atom. The maximum atomic E-state index is 13.0. The van der Waals surface area contributed by atoms with E-state index in [9.17, 15) is 4.79 Å². The summed E-state index contributed by atoms with van der Waals surface area (Å²) >= 11 is 0. The van der Waals surface area contributed by atoms with Gasteiger partial charge in [0.25, 0.3) is 11.9 Å². The SMILES string of the molecule is COc1cc(C(=O)Nc2cc(C(C)(C)C)nn2-c2ncccn2)cc(OC)c1OC. The topological polar surface area (TPSA) is 100 Å². The van der Waals surface area contributed by atoms with Gasteiger partial charge in [-0.25, -0.2) is 9.97 Å². The molecular formula is C21H25N5O4. The van der Waals surface area contributed by atoms with Gasteiger partial charge in [-0.15, -0.1) is 0 Å². The molecule has 0 saturated heterocycles. The highest BCUT2D eigenvalue weighted by Crippen LogP contribution is 2.38. The van der Waals surface area contributed by atoms with Crippen LogP contribution in [0.2, 0.25) is 0 Å². The lowest BCUT2D eigenvalue weighted by molar-refractivity contribution is 0.102. The molecule has 1 N–H and O–H groups in total. The van der Waals surface area contributed by atoms with Crippen molar-refractivity contribution in [1.29, 1.82) is 0 Å². The quantitative estimate of drug-likeness (QED) is 0.664. The molecule has 1 aromatic carbocycles. The number of hydrogen-bond donors (Lipinski definition) is 1. The smallest absolute Gasteiger partial charge is 0.257 e. The number of aromatic nitrogens is 4. The van der Waals surface area contributed by atoms with Gasteiger partial charge in [0, 0.05) is 29.4 Å². The molecule has 9 heteroatoms. The number of carbonyl (C=O) groups is 1. The highest BCUT2D eigenvalue weighted by Gasteiger charge is 2.23. The molecule has 0 fully saturated rings. The van der Waals surface area contributed by atoms with E-state index >= 15 is 0 Å². The molecule has 30 heavy (non-hydrogen) atoms. The van der Waals surface area contributed by atoms with Crippen molar-refractivity contribution < 1.29 is 19.0 Å². The van der Waals surface area contributed by atoms with Crippen LogP contribution in [0, 0.1) is 0 Å². The summed E-state index contributed by atoms with van der Waals surface area (Å²) in [5.74, 6) is 1.62. The van der Waals surface area contributed by atoms with Crippen molar-refractivity contribution in [3.8, 4) is 23.2 Å². The van der Waals surface area contributed by atoms with Crippen LogP contribution in [0.3, 0.4) is 0 Å². The summed E-state index contributed by atoms with van der Waals surface area (Å²) in [5, 5.41) is 7.49. The van der Waals surface area contributed by atoms with Crippen molar-refractivity contribution in [2.75, 3.05) is 26.6 Å². The fourth-order valence-electron chi connectivity index (χ4n) is 2.79. The Bertz CT molecular complexity index is 1020. The lowest BCUT2D eigenvalue weighted by Crippen LogP contribution is -2.16. The number of ether oxygens (including phenoxy) is 3. The number of amides is 1. The van der Waals surface area contributed by atoms with Crippen molar-refractivity contribution in [2.24, 2.45) is 0 Å². The Labute approximate surface area is 175 Å². The van der Waals surface area contributed by atoms with E-state index in [0.29, 0.717) is 34.6 Å². The monoisotopic (exact) mass is 411 g/mol. The van der Waals surface area contributed by atoms with E-state index in [0.717, 1.165) is 5.69 Å². The predicted octanol–water partition coefficient (Wildman–Crippen LogP) is 3.24. The highest BCUT2D eigenvalue weighted by atomic mass is 16.5. The van der Waals surface area contributed by atoms with Gasteiger partial charge in [-0.1, -0.05) is 20.8 Å². The molecule has 0 radical (unpaired) electrons. The third kappa shape index (κ3) is 4.19. The summed E-state index contributed by atoms with van der Waals surface area (Å²) < 4.78 is 17.5. The number of rotatable bonds is 6. The average molecular weight is 411 g/mol. The first kappa shape index (κ1) is 21.1. The molecule has 2 aromatic heterocycles. The normalized spacial score (nSPS) is 11.1. The minimum atomic E-state index is -0.369. The molecule has 0 bridgehead atoms. The summed E-state index contributed by atoms with van der Waals surface area (Å²) in [7, 11) is 4.50. The van der Waals surface area contributed by atoms with Crippen LogP contribution < -0.4 is 19.5 Å². The largest absolute Gasteiger partial charge is 0.493 e. The molecule has 0 aliphatic rings. The first-order valence-electron chi connectivity index (χ1n) is 9.27. The molecule has 9 nitrogen and oxygen atoms in total. The summed E-state index contributed by atoms with van der Waals surface area (Å²) in [4.78, 5) is 21.5. The van der Waals surface area contributed by atoms with Crippen LogP contribution in [-0.2, 0) is 5.41 Å². The summed E-state index contributed by atoms with van der Waals surface area (Å²) in [6.45, 7) is 6.11. The van der Waals surface area contributed by atoms with E-state index in [4.69, 9.17) is 14.2 Å². The molecule has 3 aromatic rings. The second-order valence-corrected chi connectivity index (χ2v) is 7.49. The van der Waals surface area contributed by atoms with Gasteiger partial charge in [0.15, 0.2) is 11.5 Å². The second kappa shape index (κ2) is 8.40. The first-order valence-corrected chi connectivity index (χ1v) is 9.27. The number of carbonyl (C=O) groups excluding carboxylic acids is 1. The molecule has 158 valence electrons. The van der Waals surface area contributed by atoms with Crippen LogP contribution in [-0.4, -0.2) is 47.0 Å². The molecular weight excluding hydrogens is 386 g/mol. The van der Waals surface area contributed by atoms with Crippen molar-refractivity contribution in [3.63, 3.8) is 0 Å². The van der Waals surface area contributed by atoms with Gasteiger partial charge < -0.3 is 19.5 Å². The van der Waals surface area contributed by atoms with Crippen molar-refractivity contribution in [1.82, 2.24) is 19.7 Å². The van der Waals surface area contributed by atoms with E-state index < -0.39 is 0 Å². The van der Waals surface area contributed by atoms with Crippen LogP contribution in [0.25, 0.3) is 5.95 Å². The van der Waals surface area contributed by atoms with Gasteiger partial charge in [-0.2, -0.15) is 9.78 Å². The minimum Gasteiger partial charge on any atom is -0.493 e. The number of hydrogen-bond acceptors (Lipinski definition) is 7. The van der Waals surface area contributed by atoms with Gasteiger partial charge in [-0.3, -0.25) is 4.79 Å². The van der Waals surface area contributed by atoms with Gasteiger partial charge in [0.05, 0.1) is 27.0 Å². The van der Waals surface area contributed by atoms with E-state index in [2.05, 4.69) is 20.4 Å². The molecule has 0 atom stereocenters. The third-order valence-corrected chi connectivity index (χ3v) is 4.39. The lowest BCUT2D eigenvalue weighted by Gasteiger charge is -2.14. The molecule has 0 aliphatic heterocycles. The summed E-state index contributed by atoms with van der Waals surface area (Å²) in [6.07, 6.45) is 3.23. The van der Waals surface area contributed by atoms with E-state index in [1.165, 1.54) is 26.0 Å². The zero-order valence-electron chi connectivity index (χ0n) is 17.9. The molecule has 3 rings (SSSR count). The lowest BCUT2D eigenvalue weighted by atomic mass is 9.92. The van der Waals surface area contributed by atoms with Crippen LogP contribution in [0.4, 0.5) is 5.82 Å². The summed E-state index contributed by atoms with van der Waals surface area (Å²) in [6, 6.07) is 6.69. The average Bonchev–Trinajstić information content (AvgIpc) is 3.17. The number of anilines is 1. The van der Waals surface area contributed by atoms with E-state index in [1.54, 1.807) is 30.6 Å². The van der Waals surface area contributed by atoms with Gasteiger partial charge in [0.2, 0.25) is 5.75 Å². The van der Waals surface area contributed by atoms with Gasteiger partial charge in [-0.05, 0) is 18.2 Å². The van der Waals surface area contributed by atoms with Gasteiger partial charge >= 0.3 is 0 Å². The zero-order chi connectivity index (χ0) is 21.9. The highest BCUT2D eigenvalue weighted by molar-refractivity contribution is 6.04. The summed E-state index contributed by atoms with van der Waals surface area (Å²) in [5.41, 5.74) is 0.894. The molecule has 1 amide bonds. The second-order valence-electron chi connectivity index (χ2n) is 7.49. The van der Waals surface area contributed by atoms with Crippen LogP contribution in [0.15, 0.2) is 36.7 Å². The molecule has 0 saturated carbocycles. The Morgan fingerprint density at radius 3 is 2.07 bits per heavy atom. The van der Waals surface area contributed by atoms with Crippen LogP contribution >= 0.6 is 0 Å². The minimum absolute atomic E-state index is 0.230. The van der Waals surface area contributed by atoms with Crippen LogP contribution in [0.1, 0.15) is 36.8 Å². The molecule has 0 unspecified atom stereocenters. The van der Waals surface area contributed by atoms with Crippen molar-refractivity contribution in [2.45, 2.75) is 26.2 Å². The van der Waals surface area contributed by atoms with Crippen LogP contribution in [0.5, 0.6) is 17.2 Å². The number of nitrogens with one attached hydrogen (secondary N) is 1. The standard InChI is InChI=1S/C21H25N5O4/c1-21(2,3)16-12-17(26(25-16)20-22-8-7-9-23-20)24-19(27)13-10-14(28-4)18(30-6)15(11-13)29-5/h7-12H,1-6H3,(H,24,27). The van der Waals surface area contributed by atoms with E-state index in [-0.39, 0.29) is 11.3 Å². The maximum absolute atomic E-state index is 13.0. The van der Waals surface area contributed by atoms with Gasteiger partial charge in [0.1, 0.15) is 5.82 Å².